The molecule has 0 spiro atoms. The van der Waals surface area contributed by atoms with Crippen LogP contribution in [-0.2, 0) is 4.79 Å². The highest BCUT2D eigenvalue weighted by molar-refractivity contribution is 6.31. The predicted octanol–water partition coefficient (Wildman–Crippen LogP) is 2.23. The Bertz CT molecular complexity index is 301. The van der Waals surface area contributed by atoms with Crippen LogP contribution in [0.3, 0.4) is 0 Å². The monoisotopic (exact) mass is 231 g/mol. The van der Waals surface area contributed by atoms with Crippen molar-refractivity contribution in [3.8, 4) is 0 Å². The molecule has 15 heavy (non-hydrogen) atoms. The first-order valence-corrected chi connectivity index (χ1v) is 5.30. The highest BCUT2D eigenvalue weighted by Crippen LogP contribution is 2.26. The van der Waals surface area contributed by atoms with Crippen LogP contribution in [0.25, 0.3) is 0 Å². The van der Waals surface area contributed by atoms with Crippen molar-refractivity contribution in [1.82, 2.24) is 4.90 Å². The van der Waals surface area contributed by atoms with Crippen LogP contribution >= 0.6 is 11.6 Å². The van der Waals surface area contributed by atoms with E-state index in [2.05, 4.69) is 0 Å². The van der Waals surface area contributed by atoms with Crippen LogP contribution in [0.15, 0.2) is 10.6 Å². The zero-order valence-electron chi connectivity index (χ0n) is 8.57. The van der Waals surface area contributed by atoms with E-state index in [9.17, 15) is 9.59 Å². The van der Waals surface area contributed by atoms with Gasteiger partial charge in [-0.05, 0) is 12.8 Å². The summed E-state index contributed by atoms with van der Waals surface area (Å²) in [6.07, 6.45) is 1.33. The smallest absolute Gasteiger partial charge is 0.407 e. The molecule has 0 saturated heterocycles. The molecule has 1 rings (SSSR count). The molecule has 1 N–H and O–H groups in total. The Morgan fingerprint density at radius 1 is 1.73 bits per heavy atom. The minimum Gasteiger partial charge on any atom is -0.465 e. The normalized spacial score (nSPS) is 22.5. The lowest BCUT2D eigenvalue weighted by Gasteiger charge is -2.26. The summed E-state index contributed by atoms with van der Waals surface area (Å²) >= 11 is 5.96. The standard InChI is InChI=1S/C10H14ClNO3/c1-2-8-5-9(11)7(6-13)3-4-12(8)10(14)15/h6,8H,2-5H2,1H3,(H,14,15). The highest BCUT2D eigenvalue weighted by Gasteiger charge is 2.26. The fourth-order valence-corrected chi connectivity index (χ4v) is 2.06. The van der Waals surface area contributed by atoms with Crippen molar-refractivity contribution in [3.05, 3.63) is 10.6 Å². The summed E-state index contributed by atoms with van der Waals surface area (Å²) in [4.78, 5) is 23.0. The molecule has 0 radical (unpaired) electrons. The van der Waals surface area contributed by atoms with Crippen LogP contribution in [0, 0.1) is 0 Å². The van der Waals surface area contributed by atoms with E-state index in [1.54, 1.807) is 0 Å². The molecule has 0 fully saturated rings. The second-order valence-electron chi connectivity index (χ2n) is 3.54. The largest absolute Gasteiger partial charge is 0.465 e. The Labute approximate surface area is 93.5 Å². The van der Waals surface area contributed by atoms with Gasteiger partial charge in [0.15, 0.2) is 0 Å². The number of hydrogen-bond donors (Lipinski definition) is 1. The number of carbonyl (C=O) groups excluding carboxylic acids is 1. The van der Waals surface area contributed by atoms with Crippen molar-refractivity contribution < 1.29 is 14.7 Å². The molecule has 1 heterocycles. The third-order valence-corrected chi connectivity index (χ3v) is 3.08. The maximum Gasteiger partial charge on any atom is 0.407 e. The second-order valence-corrected chi connectivity index (χ2v) is 4.00. The van der Waals surface area contributed by atoms with Gasteiger partial charge in [0.2, 0.25) is 0 Å². The van der Waals surface area contributed by atoms with Crippen LogP contribution in [0.4, 0.5) is 4.79 Å². The minimum absolute atomic E-state index is 0.118. The van der Waals surface area contributed by atoms with Crippen molar-refractivity contribution in [2.45, 2.75) is 32.2 Å². The van der Waals surface area contributed by atoms with Gasteiger partial charge < -0.3 is 10.0 Å². The third-order valence-electron chi connectivity index (χ3n) is 2.69. The van der Waals surface area contributed by atoms with Crippen LogP contribution in [0.1, 0.15) is 26.2 Å². The number of nitrogens with zero attached hydrogens (tertiary/aromatic N) is 1. The number of carboxylic acid groups (broad SMARTS) is 1. The molecule has 0 saturated carbocycles. The summed E-state index contributed by atoms with van der Waals surface area (Å²) in [5.41, 5.74) is 0.527. The number of aldehydes is 1. The molecule has 0 aromatic heterocycles. The maximum absolute atomic E-state index is 11.0. The Kier molecular flexibility index (Phi) is 4.15. The average molecular weight is 232 g/mol. The van der Waals surface area contributed by atoms with Crippen LogP contribution in [-0.4, -0.2) is 35.0 Å². The van der Waals surface area contributed by atoms with Crippen molar-refractivity contribution in [2.75, 3.05) is 6.54 Å². The molecule has 1 amide bonds. The molecule has 84 valence electrons. The summed E-state index contributed by atoms with van der Waals surface area (Å²) in [7, 11) is 0. The van der Waals surface area contributed by atoms with E-state index in [1.165, 1.54) is 4.90 Å². The van der Waals surface area contributed by atoms with Gasteiger partial charge in [0.05, 0.1) is 0 Å². The third kappa shape index (κ3) is 2.72. The van der Waals surface area contributed by atoms with Gasteiger partial charge in [0.1, 0.15) is 6.29 Å². The van der Waals surface area contributed by atoms with Crippen molar-refractivity contribution in [1.29, 1.82) is 0 Å². The van der Waals surface area contributed by atoms with Gasteiger partial charge in [-0.2, -0.15) is 0 Å². The Balaban J connectivity index is 2.87. The SMILES string of the molecule is CCC1CC(Cl)=C(C=O)CCN1C(=O)O. The van der Waals surface area contributed by atoms with Gasteiger partial charge >= 0.3 is 6.09 Å². The Morgan fingerprint density at radius 3 is 2.87 bits per heavy atom. The van der Waals surface area contributed by atoms with E-state index < -0.39 is 6.09 Å². The summed E-state index contributed by atoms with van der Waals surface area (Å²) in [5.74, 6) is 0. The molecule has 1 unspecified atom stereocenters. The van der Waals surface area contributed by atoms with Gasteiger partial charge in [-0.3, -0.25) is 4.79 Å². The number of rotatable bonds is 2. The van der Waals surface area contributed by atoms with Gasteiger partial charge in [-0.25, -0.2) is 4.79 Å². The zero-order chi connectivity index (χ0) is 11.4. The molecule has 5 heteroatoms. The highest BCUT2D eigenvalue weighted by atomic mass is 35.5. The summed E-state index contributed by atoms with van der Waals surface area (Å²) < 4.78 is 0. The van der Waals surface area contributed by atoms with Gasteiger partial charge in [-0.15, -0.1) is 0 Å². The average Bonchev–Trinajstić information content (AvgIpc) is 2.36. The van der Waals surface area contributed by atoms with E-state index in [4.69, 9.17) is 16.7 Å². The van der Waals surface area contributed by atoms with Crippen LogP contribution < -0.4 is 0 Å². The quantitative estimate of drug-likeness (QED) is 0.742. The first kappa shape index (κ1) is 12.0. The lowest BCUT2D eigenvalue weighted by atomic mass is 10.1. The second kappa shape index (κ2) is 5.16. The van der Waals surface area contributed by atoms with E-state index in [0.29, 0.717) is 36.4 Å². The predicted molar refractivity (Wildman–Crippen MR) is 57.0 cm³/mol. The van der Waals surface area contributed by atoms with Gasteiger partial charge in [-0.1, -0.05) is 18.5 Å². The summed E-state index contributed by atoms with van der Waals surface area (Å²) in [5, 5.41) is 9.49. The summed E-state index contributed by atoms with van der Waals surface area (Å²) in [6, 6.07) is -0.118. The topological polar surface area (TPSA) is 57.6 Å². The maximum atomic E-state index is 11.0. The molecule has 0 aromatic carbocycles. The molecular formula is C10H14ClNO3. The minimum atomic E-state index is -0.946. The molecule has 1 aliphatic heterocycles. The van der Waals surface area contributed by atoms with Gasteiger partial charge in [0, 0.05) is 29.6 Å². The number of halogens is 1. The van der Waals surface area contributed by atoms with Crippen molar-refractivity contribution >= 4 is 24.0 Å². The fraction of sp³-hybridized carbons (Fsp3) is 0.600. The van der Waals surface area contributed by atoms with Crippen LogP contribution in [0.5, 0.6) is 0 Å². The molecule has 4 nitrogen and oxygen atoms in total. The van der Waals surface area contributed by atoms with E-state index in [-0.39, 0.29) is 6.04 Å². The molecule has 0 aliphatic carbocycles. The van der Waals surface area contributed by atoms with Crippen LogP contribution in [0.2, 0.25) is 0 Å². The molecule has 1 aliphatic rings. The Hall–Kier alpha value is -1.03. The zero-order valence-corrected chi connectivity index (χ0v) is 9.33. The van der Waals surface area contributed by atoms with E-state index in [1.807, 2.05) is 6.92 Å². The van der Waals surface area contributed by atoms with E-state index >= 15 is 0 Å². The lowest BCUT2D eigenvalue weighted by molar-refractivity contribution is -0.105. The van der Waals surface area contributed by atoms with Crippen molar-refractivity contribution in [2.24, 2.45) is 0 Å². The molecular weight excluding hydrogens is 218 g/mol. The fourth-order valence-electron chi connectivity index (χ4n) is 1.75. The molecule has 0 bridgehead atoms. The molecule has 1 atom stereocenters. The number of hydrogen-bond acceptors (Lipinski definition) is 2. The molecule has 0 aromatic rings. The Morgan fingerprint density at radius 2 is 2.40 bits per heavy atom. The number of carbonyl (C=O) groups is 2. The number of amides is 1. The van der Waals surface area contributed by atoms with Crippen molar-refractivity contribution in [3.63, 3.8) is 0 Å². The van der Waals surface area contributed by atoms with Gasteiger partial charge in [0.25, 0.3) is 0 Å². The summed E-state index contributed by atoms with van der Waals surface area (Å²) in [6.45, 7) is 2.26. The first-order valence-electron chi connectivity index (χ1n) is 4.92. The lowest BCUT2D eigenvalue weighted by Crippen LogP contribution is -2.38. The van der Waals surface area contributed by atoms with E-state index in [0.717, 1.165) is 6.29 Å². The first-order chi connectivity index (χ1) is 7.10.